The molecule has 0 aliphatic heterocycles. The molecule has 0 spiro atoms. The molecule has 0 bridgehead atoms. The van der Waals surface area contributed by atoms with Crippen LogP contribution in [0.3, 0.4) is 0 Å². The van der Waals surface area contributed by atoms with Gasteiger partial charge in [-0.25, -0.2) is 9.50 Å². The summed E-state index contributed by atoms with van der Waals surface area (Å²) in [5.74, 6) is 1.02. The van der Waals surface area contributed by atoms with Crippen LogP contribution in [0.2, 0.25) is 0 Å². The van der Waals surface area contributed by atoms with Gasteiger partial charge in [0, 0.05) is 18.7 Å². The van der Waals surface area contributed by atoms with Crippen LogP contribution in [-0.4, -0.2) is 24.7 Å². The van der Waals surface area contributed by atoms with Crippen LogP contribution in [0.15, 0.2) is 53.3 Å². The maximum Gasteiger partial charge on any atom is 0.223 e. The van der Waals surface area contributed by atoms with Gasteiger partial charge < -0.3 is 4.52 Å². The zero-order chi connectivity index (χ0) is 14.2. The minimum atomic E-state index is 0.500. The minimum absolute atomic E-state index is 0.500. The summed E-state index contributed by atoms with van der Waals surface area (Å²) in [6.45, 7) is 1.75. The largest absolute Gasteiger partial charge is 0.339 e. The van der Waals surface area contributed by atoms with E-state index in [4.69, 9.17) is 4.52 Å². The molecule has 0 saturated carbocycles. The van der Waals surface area contributed by atoms with Gasteiger partial charge in [0.1, 0.15) is 0 Å². The van der Waals surface area contributed by atoms with Gasteiger partial charge in [-0.1, -0.05) is 35.5 Å². The monoisotopic (exact) mass is 277 g/mol. The topological polar surface area (TPSA) is 69.1 Å². The molecule has 0 unspecified atom stereocenters. The Kier molecular flexibility index (Phi) is 2.53. The molecule has 0 fully saturated rings. The molecule has 102 valence electrons. The lowest BCUT2D eigenvalue weighted by Crippen LogP contribution is -1.95. The Bertz CT molecular complexity index is 910. The first-order valence-electron chi connectivity index (χ1n) is 6.52. The average molecular weight is 277 g/mol. The highest BCUT2D eigenvalue weighted by Crippen LogP contribution is 2.25. The van der Waals surface area contributed by atoms with Crippen molar-refractivity contribution in [2.75, 3.05) is 0 Å². The fraction of sp³-hybridized carbons (Fsp3) is 0.0667. The fourth-order valence-electron chi connectivity index (χ4n) is 2.29. The average Bonchev–Trinajstić information content (AvgIpc) is 3.13. The van der Waals surface area contributed by atoms with Gasteiger partial charge in [-0.05, 0) is 6.07 Å². The Labute approximate surface area is 120 Å². The zero-order valence-corrected chi connectivity index (χ0v) is 11.3. The molecule has 0 saturated heterocycles. The third-order valence-corrected chi connectivity index (χ3v) is 3.24. The van der Waals surface area contributed by atoms with E-state index in [-0.39, 0.29) is 0 Å². The van der Waals surface area contributed by atoms with Crippen molar-refractivity contribution in [3.05, 3.63) is 54.7 Å². The summed E-state index contributed by atoms with van der Waals surface area (Å²) in [5, 5.41) is 8.34. The number of benzene rings is 1. The maximum atomic E-state index is 5.03. The molecule has 0 amide bonds. The van der Waals surface area contributed by atoms with E-state index in [1.54, 1.807) is 23.8 Å². The molecule has 1 aromatic carbocycles. The van der Waals surface area contributed by atoms with Crippen LogP contribution < -0.4 is 0 Å². The molecule has 0 atom stereocenters. The maximum absolute atomic E-state index is 5.03. The van der Waals surface area contributed by atoms with Crippen molar-refractivity contribution < 1.29 is 4.52 Å². The summed E-state index contributed by atoms with van der Waals surface area (Å²) in [5.41, 5.74) is 3.50. The molecule has 0 aliphatic rings. The SMILES string of the molecule is Cc1nc(-c2cnn3c(-c4ccccc4)ccnc23)no1. The number of nitrogens with zero attached hydrogens (tertiary/aromatic N) is 5. The molecule has 6 nitrogen and oxygen atoms in total. The van der Waals surface area contributed by atoms with E-state index in [2.05, 4.69) is 20.2 Å². The molecular formula is C15H11N5O. The highest BCUT2D eigenvalue weighted by molar-refractivity contribution is 5.74. The van der Waals surface area contributed by atoms with Crippen molar-refractivity contribution in [3.63, 3.8) is 0 Å². The Morgan fingerprint density at radius 3 is 2.71 bits per heavy atom. The number of rotatable bonds is 2. The van der Waals surface area contributed by atoms with Gasteiger partial charge in [0.25, 0.3) is 0 Å². The number of hydrogen-bond donors (Lipinski definition) is 0. The van der Waals surface area contributed by atoms with Gasteiger partial charge in [0.05, 0.1) is 17.5 Å². The lowest BCUT2D eigenvalue weighted by atomic mass is 10.1. The molecule has 0 aliphatic carbocycles. The van der Waals surface area contributed by atoms with E-state index >= 15 is 0 Å². The smallest absolute Gasteiger partial charge is 0.223 e. The van der Waals surface area contributed by atoms with Crippen LogP contribution in [0.4, 0.5) is 0 Å². The van der Waals surface area contributed by atoms with E-state index in [0.717, 1.165) is 16.8 Å². The summed E-state index contributed by atoms with van der Waals surface area (Å²) >= 11 is 0. The number of aryl methyl sites for hydroxylation is 1. The van der Waals surface area contributed by atoms with Crippen molar-refractivity contribution in [2.45, 2.75) is 6.92 Å². The van der Waals surface area contributed by atoms with Gasteiger partial charge in [-0.3, -0.25) is 0 Å². The summed E-state index contributed by atoms with van der Waals surface area (Å²) in [4.78, 5) is 8.63. The first-order valence-corrected chi connectivity index (χ1v) is 6.52. The van der Waals surface area contributed by atoms with Crippen molar-refractivity contribution in [1.82, 2.24) is 24.7 Å². The number of hydrogen-bond acceptors (Lipinski definition) is 5. The molecule has 3 aromatic heterocycles. The fourth-order valence-corrected chi connectivity index (χ4v) is 2.29. The van der Waals surface area contributed by atoms with Crippen molar-refractivity contribution in [3.8, 4) is 22.6 Å². The third-order valence-electron chi connectivity index (χ3n) is 3.24. The molecule has 4 aromatic rings. The van der Waals surface area contributed by atoms with Crippen molar-refractivity contribution >= 4 is 5.65 Å². The summed E-state index contributed by atoms with van der Waals surface area (Å²) in [7, 11) is 0. The van der Waals surface area contributed by atoms with Gasteiger partial charge in [-0.2, -0.15) is 10.1 Å². The lowest BCUT2D eigenvalue weighted by Gasteiger charge is -2.04. The summed E-state index contributed by atoms with van der Waals surface area (Å²) in [6.07, 6.45) is 3.47. The number of fused-ring (bicyclic) bond motifs is 1. The van der Waals surface area contributed by atoms with E-state index < -0.39 is 0 Å². The molecular weight excluding hydrogens is 266 g/mol. The standard InChI is InChI=1S/C15H11N5O/c1-10-18-14(19-21-10)12-9-17-20-13(7-8-16-15(12)20)11-5-3-2-4-6-11/h2-9H,1H3. The van der Waals surface area contributed by atoms with Crippen LogP contribution in [0.25, 0.3) is 28.3 Å². The predicted octanol–water partition coefficient (Wildman–Crippen LogP) is 2.75. The van der Waals surface area contributed by atoms with Crippen LogP contribution in [0.5, 0.6) is 0 Å². The Morgan fingerprint density at radius 1 is 1.10 bits per heavy atom. The van der Waals surface area contributed by atoms with Crippen molar-refractivity contribution in [1.29, 1.82) is 0 Å². The molecule has 6 heteroatoms. The van der Waals surface area contributed by atoms with Crippen LogP contribution in [0.1, 0.15) is 5.89 Å². The Balaban J connectivity index is 1.95. The van der Waals surface area contributed by atoms with E-state index in [0.29, 0.717) is 17.4 Å². The predicted molar refractivity (Wildman–Crippen MR) is 76.5 cm³/mol. The number of aromatic nitrogens is 5. The normalized spacial score (nSPS) is 11.1. The van der Waals surface area contributed by atoms with Gasteiger partial charge in [0.2, 0.25) is 11.7 Å². The van der Waals surface area contributed by atoms with E-state index in [1.807, 2.05) is 36.4 Å². The van der Waals surface area contributed by atoms with Crippen LogP contribution in [0, 0.1) is 6.92 Å². The van der Waals surface area contributed by atoms with Crippen molar-refractivity contribution in [2.24, 2.45) is 0 Å². The van der Waals surface area contributed by atoms with Crippen LogP contribution in [-0.2, 0) is 0 Å². The highest BCUT2D eigenvalue weighted by Gasteiger charge is 2.15. The first-order chi connectivity index (χ1) is 10.3. The second-order valence-electron chi connectivity index (χ2n) is 4.63. The second-order valence-corrected chi connectivity index (χ2v) is 4.63. The molecule has 21 heavy (non-hydrogen) atoms. The second kappa shape index (κ2) is 4.52. The highest BCUT2D eigenvalue weighted by atomic mass is 16.5. The minimum Gasteiger partial charge on any atom is -0.339 e. The molecule has 0 N–H and O–H groups in total. The zero-order valence-electron chi connectivity index (χ0n) is 11.3. The van der Waals surface area contributed by atoms with Crippen LogP contribution >= 0.6 is 0 Å². The van der Waals surface area contributed by atoms with E-state index in [1.165, 1.54) is 0 Å². The first kappa shape index (κ1) is 11.8. The summed E-state index contributed by atoms with van der Waals surface area (Å²) in [6, 6.07) is 12.0. The van der Waals surface area contributed by atoms with Gasteiger partial charge >= 0.3 is 0 Å². The third kappa shape index (κ3) is 1.88. The molecule has 0 radical (unpaired) electrons. The molecule has 3 heterocycles. The van der Waals surface area contributed by atoms with Gasteiger partial charge in [0.15, 0.2) is 5.65 Å². The Hall–Kier alpha value is -3.02. The quantitative estimate of drug-likeness (QED) is 0.563. The Morgan fingerprint density at radius 2 is 1.95 bits per heavy atom. The van der Waals surface area contributed by atoms with Gasteiger partial charge in [-0.15, -0.1) is 0 Å². The molecule has 4 rings (SSSR count). The summed E-state index contributed by atoms with van der Waals surface area (Å²) < 4.78 is 6.81. The lowest BCUT2D eigenvalue weighted by molar-refractivity contribution is 0.394. The van der Waals surface area contributed by atoms with E-state index in [9.17, 15) is 0 Å².